The molecule has 0 saturated heterocycles. The van der Waals surface area contributed by atoms with Gasteiger partial charge < -0.3 is 19.9 Å². The van der Waals surface area contributed by atoms with Crippen LogP contribution in [0.1, 0.15) is 36.0 Å². The lowest BCUT2D eigenvalue weighted by Crippen LogP contribution is -2.39. The van der Waals surface area contributed by atoms with E-state index in [2.05, 4.69) is 29.2 Å². The lowest BCUT2D eigenvalue weighted by Gasteiger charge is -2.37. The maximum atomic E-state index is 12.6. The molecule has 1 aliphatic carbocycles. The molecule has 0 amide bonds. The van der Waals surface area contributed by atoms with Crippen LogP contribution in [0.5, 0.6) is 5.75 Å². The molecule has 1 aliphatic rings. The highest BCUT2D eigenvalue weighted by Gasteiger charge is 2.48. The molecule has 0 bridgehead atoms. The van der Waals surface area contributed by atoms with E-state index in [1.54, 1.807) is 31.0 Å². The topological polar surface area (TPSA) is 88.6 Å². The van der Waals surface area contributed by atoms with Crippen molar-refractivity contribution in [2.24, 2.45) is 0 Å². The van der Waals surface area contributed by atoms with Crippen molar-refractivity contribution in [3.63, 3.8) is 0 Å². The molecule has 0 unspecified atom stereocenters. The fourth-order valence-electron chi connectivity index (χ4n) is 5.24. The monoisotopic (exact) mass is 511 g/mol. The minimum absolute atomic E-state index is 0.226. The zero-order valence-corrected chi connectivity index (χ0v) is 21.7. The first-order valence-corrected chi connectivity index (χ1v) is 12.8. The second-order valence-corrected chi connectivity index (χ2v) is 9.74. The Morgan fingerprint density at radius 1 is 0.895 bits per heavy atom. The van der Waals surface area contributed by atoms with Crippen LogP contribution in [0, 0.1) is 0 Å². The fourth-order valence-corrected chi connectivity index (χ4v) is 5.24. The van der Waals surface area contributed by atoms with Gasteiger partial charge in [0.05, 0.1) is 25.4 Å². The Morgan fingerprint density at radius 2 is 1.47 bits per heavy atom. The molecule has 1 fully saturated rings. The summed E-state index contributed by atoms with van der Waals surface area (Å²) in [4.78, 5) is 16.5. The number of anilines is 1. The predicted molar refractivity (Wildman–Crippen MR) is 147 cm³/mol. The molecule has 0 aliphatic heterocycles. The van der Waals surface area contributed by atoms with E-state index in [1.165, 1.54) is 0 Å². The summed E-state index contributed by atoms with van der Waals surface area (Å²) in [6, 6.07) is 30.1. The molecule has 1 atom stereocenters. The molecule has 7 heteroatoms. The van der Waals surface area contributed by atoms with E-state index in [0.29, 0.717) is 13.0 Å². The van der Waals surface area contributed by atoms with Gasteiger partial charge in [0.25, 0.3) is 0 Å². The Kier molecular flexibility index (Phi) is 7.31. The molecule has 2 N–H and O–H groups in total. The summed E-state index contributed by atoms with van der Waals surface area (Å²) in [5.41, 5.74) is 7.15. The van der Waals surface area contributed by atoms with Crippen LogP contribution < -0.4 is 16.2 Å². The van der Waals surface area contributed by atoms with Crippen LogP contribution in [-0.4, -0.2) is 36.5 Å². The van der Waals surface area contributed by atoms with Gasteiger partial charge in [-0.15, -0.1) is 0 Å². The molecule has 4 aromatic rings. The fraction of sp³-hybridized carbons (Fsp3) is 0.290. The minimum Gasteiger partial charge on any atom is -0.497 e. The average Bonchev–Trinajstić information content (AvgIpc) is 3.74. The van der Waals surface area contributed by atoms with E-state index in [4.69, 9.17) is 19.9 Å². The third-order valence-corrected chi connectivity index (χ3v) is 7.45. The molecule has 0 spiro atoms. The first-order chi connectivity index (χ1) is 18.5. The Labute approximate surface area is 222 Å². The molecule has 5 rings (SSSR count). The molecular weight excluding hydrogens is 478 g/mol. The number of rotatable bonds is 11. The number of hydrogen-bond acceptors (Lipinski definition) is 6. The van der Waals surface area contributed by atoms with Crippen molar-refractivity contribution in [1.29, 1.82) is 0 Å². The average molecular weight is 512 g/mol. The number of nitrogens with two attached hydrogens (primary N) is 1. The first kappa shape index (κ1) is 25.7. The first-order valence-electron chi connectivity index (χ1n) is 12.8. The number of nitrogens with zero attached hydrogens (tertiary/aromatic N) is 2. The second-order valence-electron chi connectivity index (χ2n) is 9.74. The van der Waals surface area contributed by atoms with Gasteiger partial charge in [-0.25, -0.2) is 4.79 Å². The van der Waals surface area contributed by atoms with Crippen molar-refractivity contribution in [3.05, 3.63) is 124 Å². The van der Waals surface area contributed by atoms with Gasteiger partial charge in [0.1, 0.15) is 17.2 Å². The van der Waals surface area contributed by atoms with Gasteiger partial charge in [0.15, 0.2) is 0 Å². The Balaban J connectivity index is 1.51. The lowest BCUT2D eigenvalue weighted by molar-refractivity contribution is -0.0593. The molecule has 1 saturated carbocycles. The van der Waals surface area contributed by atoms with Crippen molar-refractivity contribution in [1.82, 2.24) is 9.55 Å². The van der Waals surface area contributed by atoms with Crippen LogP contribution >= 0.6 is 0 Å². The van der Waals surface area contributed by atoms with E-state index in [1.807, 2.05) is 60.7 Å². The number of methoxy groups -OCH3 is 2. The normalized spacial score (nSPS) is 15.1. The molecule has 1 aromatic heterocycles. The highest BCUT2D eigenvalue weighted by atomic mass is 16.5. The zero-order valence-electron chi connectivity index (χ0n) is 21.7. The standard InChI is InChI=1S/C31H33N3O4/c1-36-26-15-13-25(14-16-26)31(23-9-5-3-6-10-23,24-11-7-4-8-12-24)38-22-27(37-2)21-30(18-19-30)34-20-17-28(32)33-29(34)35/h3-17,20,27H,18-19,21-22H2,1-2H3,(H2,32,33,35)/t27-/m0/s1. The highest BCUT2D eigenvalue weighted by molar-refractivity contribution is 5.48. The van der Waals surface area contributed by atoms with Gasteiger partial charge in [0.2, 0.25) is 0 Å². The van der Waals surface area contributed by atoms with Crippen molar-refractivity contribution < 1.29 is 14.2 Å². The summed E-state index contributed by atoms with van der Waals surface area (Å²) in [5, 5.41) is 0. The molecule has 0 radical (unpaired) electrons. The largest absolute Gasteiger partial charge is 0.497 e. The van der Waals surface area contributed by atoms with Crippen LogP contribution in [0.15, 0.2) is 102 Å². The molecular formula is C31H33N3O4. The summed E-state index contributed by atoms with van der Waals surface area (Å²) in [6.45, 7) is 0.311. The summed E-state index contributed by atoms with van der Waals surface area (Å²) in [6.07, 6.45) is 3.85. The SMILES string of the molecule is COc1ccc(C(OC[C@H](CC2(n3ccc(N)nc3=O)CC2)OC)(c2ccccc2)c2ccccc2)cc1. The van der Waals surface area contributed by atoms with E-state index >= 15 is 0 Å². The van der Waals surface area contributed by atoms with Gasteiger partial charge in [-0.2, -0.15) is 4.98 Å². The third-order valence-electron chi connectivity index (χ3n) is 7.45. The molecule has 7 nitrogen and oxygen atoms in total. The summed E-state index contributed by atoms with van der Waals surface area (Å²) >= 11 is 0. The predicted octanol–water partition coefficient (Wildman–Crippen LogP) is 4.74. The smallest absolute Gasteiger partial charge is 0.350 e. The van der Waals surface area contributed by atoms with Crippen LogP contribution in [-0.2, 0) is 20.6 Å². The van der Waals surface area contributed by atoms with Crippen LogP contribution in [0.2, 0.25) is 0 Å². The number of aromatic nitrogens is 2. The molecule has 38 heavy (non-hydrogen) atoms. The minimum atomic E-state index is -0.887. The molecule has 3 aromatic carbocycles. The molecule has 1 heterocycles. The highest BCUT2D eigenvalue weighted by Crippen LogP contribution is 2.47. The van der Waals surface area contributed by atoms with Crippen molar-refractivity contribution >= 4 is 5.82 Å². The second kappa shape index (κ2) is 10.8. The number of ether oxygens (including phenoxy) is 3. The Morgan fingerprint density at radius 3 is 1.97 bits per heavy atom. The maximum Gasteiger partial charge on any atom is 0.350 e. The summed E-state index contributed by atoms with van der Waals surface area (Å²) in [5.74, 6) is 1.00. The van der Waals surface area contributed by atoms with E-state index < -0.39 is 5.60 Å². The van der Waals surface area contributed by atoms with Gasteiger partial charge in [0, 0.05) is 13.3 Å². The quantitative estimate of drug-likeness (QED) is 0.293. The molecule has 196 valence electrons. The third kappa shape index (κ3) is 4.95. The van der Waals surface area contributed by atoms with Gasteiger partial charge in [-0.1, -0.05) is 72.8 Å². The Bertz CT molecular complexity index is 1360. The van der Waals surface area contributed by atoms with Gasteiger partial charge >= 0.3 is 5.69 Å². The van der Waals surface area contributed by atoms with Crippen molar-refractivity contribution in [3.8, 4) is 5.75 Å². The number of benzene rings is 3. The van der Waals surface area contributed by atoms with E-state index in [0.717, 1.165) is 35.3 Å². The zero-order chi connectivity index (χ0) is 26.6. The van der Waals surface area contributed by atoms with Crippen LogP contribution in [0.3, 0.4) is 0 Å². The Hall–Kier alpha value is -3.94. The summed E-state index contributed by atoms with van der Waals surface area (Å²) in [7, 11) is 3.35. The van der Waals surface area contributed by atoms with Crippen molar-refractivity contribution in [2.45, 2.75) is 36.5 Å². The van der Waals surface area contributed by atoms with Gasteiger partial charge in [-0.3, -0.25) is 4.57 Å². The van der Waals surface area contributed by atoms with E-state index in [9.17, 15) is 4.79 Å². The number of hydrogen-bond donors (Lipinski definition) is 1. The lowest BCUT2D eigenvalue weighted by atomic mass is 9.80. The van der Waals surface area contributed by atoms with Crippen LogP contribution in [0.25, 0.3) is 0 Å². The van der Waals surface area contributed by atoms with Crippen LogP contribution in [0.4, 0.5) is 5.82 Å². The maximum absolute atomic E-state index is 12.6. The summed E-state index contributed by atoms with van der Waals surface area (Å²) < 4.78 is 20.1. The number of nitrogen functional groups attached to an aromatic ring is 1. The van der Waals surface area contributed by atoms with Gasteiger partial charge in [-0.05, 0) is 54.2 Å². The van der Waals surface area contributed by atoms with E-state index in [-0.39, 0.29) is 23.2 Å². The van der Waals surface area contributed by atoms with Crippen molar-refractivity contribution in [2.75, 3.05) is 26.6 Å².